The maximum atomic E-state index is 11.7. The van der Waals surface area contributed by atoms with Crippen molar-refractivity contribution in [3.63, 3.8) is 0 Å². The predicted molar refractivity (Wildman–Crippen MR) is 34.2 cm³/mol. The first kappa shape index (κ1) is 9.55. The van der Waals surface area contributed by atoms with Gasteiger partial charge >= 0.3 is 18.8 Å². The van der Waals surface area contributed by atoms with Crippen molar-refractivity contribution in [1.29, 1.82) is 5.26 Å². The molecule has 0 heterocycles. The summed E-state index contributed by atoms with van der Waals surface area (Å²) in [5, 5.41) is 8.21. The third-order valence-corrected chi connectivity index (χ3v) is 3.58. The van der Waals surface area contributed by atoms with Crippen LogP contribution in [0.25, 0.3) is 0 Å². The highest BCUT2D eigenvalue weighted by Crippen LogP contribution is 2.07. The van der Waals surface area contributed by atoms with Crippen LogP contribution >= 0.6 is 0 Å². The summed E-state index contributed by atoms with van der Waals surface area (Å²) < 4.78 is 35.2. The SMILES string of the molecule is C[Si](C)(C#N)OS(=O)(=O)F. The Hall–Kier alpha value is -0.453. The molecule has 0 bridgehead atoms. The first-order valence-corrected chi connectivity index (χ1v) is 6.55. The maximum absolute atomic E-state index is 11.7. The van der Waals surface area contributed by atoms with Gasteiger partial charge in [0.2, 0.25) is 0 Å². The number of hydrogen-bond donors (Lipinski definition) is 0. The minimum absolute atomic E-state index is 1.28. The van der Waals surface area contributed by atoms with E-state index in [0.717, 1.165) is 0 Å². The molecule has 0 N–H and O–H groups in total. The van der Waals surface area contributed by atoms with Crippen molar-refractivity contribution >= 4 is 18.8 Å². The van der Waals surface area contributed by atoms with Gasteiger partial charge in [-0.1, -0.05) is 3.89 Å². The lowest BCUT2D eigenvalue weighted by atomic mass is 11.7. The van der Waals surface area contributed by atoms with Crippen LogP contribution in [0.4, 0.5) is 3.89 Å². The van der Waals surface area contributed by atoms with Gasteiger partial charge in [0.05, 0.1) is 5.69 Å². The highest BCUT2D eigenvalue weighted by atomic mass is 32.3. The molecule has 0 unspecified atom stereocenters. The van der Waals surface area contributed by atoms with E-state index in [9.17, 15) is 12.3 Å². The van der Waals surface area contributed by atoms with E-state index in [2.05, 4.69) is 3.87 Å². The molecule has 0 saturated heterocycles. The Morgan fingerprint density at radius 3 is 2.10 bits per heavy atom. The van der Waals surface area contributed by atoms with Gasteiger partial charge in [0, 0.05) is 0 Å². The zero-order valence-corrected chi connectivity index (χ0v) is 7.27. The van der Waals surface area contributed by atoms with Gasteiger partial charge in [0.25, 0.3) is 0 Å². The molecule has 0 aliphatic rings. The minimum atomic E-state index is -4.95. The number of nitrogens with zero attached hydrogens (tertiary/aromatic N) is 1. The van der Waals surface area contributed by atoms with Gasteiger partial charge in [0.15, 0.2) is 0 Å². The molecule has 0 amide bonds. The van der Waals surface area contributed by atoms with Crippen molar-refractivity contribution < 1.29 is 16.2 Å². The van der Waals surface area contributed by atoms with Gasteiger partial charge in [-0.3, -0.25) is 3.87 Å². The fraction of sp³-hybridized carbons (Fsp3) is 0.667. The normalized spacial score (nSPS) is 12.6. The van der Waals surface area contributed by atoms with Crippen LogP contribution < -0.4 is 0 Å². The van der Waals surface area contributed by atoms with E-state index in [1.54, 1.807) is 5.69 Å². The number of rotatable bonds is 2. The average molecular weight is 183 g/mol. The second-order valence-electron chi connectivity index (χ2n) is 2.10. The van der Waals surface area contributed by atoms with Crippen LogP contribution in [0.5, 0.6) is 0 Å². The second-order valence-corrected chi connectivity index (χ2v) is 6.80. The van der Waals surface area contributed by atoms with Crippen molar-refractivity contribution in [1.82, 2.24) is 0 Å². The molecule has 0 aromatic carbocycles. The Morgan fingerprint density at radius 1 is 1.60 bits per heavy atom. The van der Waals surface area contributed by atoms with Crippen LogP contribution in [-0.2, 0) is 14.4 Å². The van der Waals surface area contributed by atoms with Gasteiger partial charge in [-0.15, -0.1) is 0 Å². The van der Waals surface area contributed by atoms with Gasteiger partial charge in [0.1, 0.15) is 0 Å². The molecule has 0 aromatic rings. The molecule has 0 rings (SSSR count). The second kappa shape index (κ2) is 2.65. The molecule has 0 radical (unpaired) electrons. The molecule has 0 spiro atoms. The highest BCUT2D eigenvalue weighted by Gasteiger charge is 2.29. The molecule has 7 heteroatoms. The summed E-state index contributed by atoms with van der Waals surface area (Å²) in [6, 6.07) is 0. The summed E-state index contributed by atoms with van der Waals surface area (Å²) in [6.45, 7) is 2.56. The van der Waals surface area contributed by atoms with E-state index in [1.165, 1.54) is 13.1 Å². The van der Waals surface area contributed by atoms with Crippen molar-refractivity contribution in [2.24, 2.45) is 0 Å². The molecular formula is C3H6FNO3SSi. The Kier molecular flexibility index (Phi) is 2.53. The lowest BCUT2D eigenvalue weighted by Gasteiger charge is -2.07. The Labute approximate surface area is 59.8 Å². The maximum Gasteiger partial charge on any atom is 0.428 e. The average Bonchev–Trinajstić information content (AvgIpc) is 1.60. The summed E-state index contributed by atoms with van der Waals surface area (Å²) in [5.74, 6) is 0. The summed E-state index contributed by atoms with van der Waals surface area (Å²) in [5.41, 5.74) is 1.60. The molecule has 0 aromatic heterocycles. The summed E-state index contributed by atoms with van der Waals surface area (Å²) >= 11 is 0. The monoisotopic (exact) mass is 183 g/mol. The van der Waals surface area contributed by atoms with E-state index in [0.29, 0.717) is 0 Å². The minimum Gasteiger partial charge on any atom is -0.273 e. The van der Waals surface area contributed by atoms with Crippen LogP contribution in [-0.4, -0.2) is 16.7 Å². The Balaban J connectivity index is 4.35. The lowest BCUT2D eigenvalue weighted by Crippen LogP contribution is -2.30. The zero-order chi connectivity index (χ0) is 8.41. The zero-order valence-electron chi connectivity index (χ0n) is 5.46. The number of nitriles is 1. The molecule has 4 nitrogen and oxygen atoms in total. The van der Waals surface area contributed by atoms with Crippen molar-refractivity contribution in [2.75, 3.05) is 0 Å². The fourth-order valence-corrected chi connectivity index (χ4v) is 2.41. The van der Waals surface area contributed by atoms with Crippen LogP contribution in [0.3, 0.4) is 0 Å². The lowest BCUT2D eigenvalue weighted by molar-refractivity contribution is 0.442. The first-order chi connectivity index (χ1) is 4.27. The van der Waals surface area contributed by atoms with Crippen molar-refractivity contribution in [3.8, 4) is 5.69 Å². The summed E-state index contributed by atoms with van der Waals surface area (Å²) in [4.78, 5) is 0. The van der Waals surface area contributed by atoms with Crippen LogP contribution in [0, 0.1) is 11.0 Å². The molecule has 0 aliphatic heterocycles. The Bertz CT molecular complexity index is 253. The molecule has 0 saturated carbocycles. The molecule has 58 valence electrons. The number of halogens is 1. The van der Waals surface area contributed by atoms with Gasteiger partial charge in [-0.25, -0.2) is 5.26 Å². The van der Waals surface area contributed by atoms with Crippen LogP contribution in [0.1, 0.15) is 0 Å². The standard InChI is InChI=1S/C3H6FNO3SSi/c1-10(2,3-5)8-9(4,6)7/h1-2H3. The third-order valence-electron chi connectivity index (χ3n) is 0.577. The van der Waals surface area contributed by atoms with E-state index >= 15 is 0 Å². The fourth-order valence-electron chi connectivity index (χ4n) is 0.267. The van der Waals surface area contributed by atoms with E-state index in [-0.39, 0.29) is 0 Å². The quantitative estimate of drug-likeness (QED) is 0.461. The van der Waals surface area contributed by atoms with E-state index in [4.69, 9.17) is 5.26 Å². The molecule has 0 fully saturated rings. The summed E-state index contributed by atoms with van der Waals surface area (Å²) in [7, 11) is -7.92. The topological polar surface area (TPSA) is 67.2 Å². The van der Waals surface area contributed by atoms with Gasteiger partial charge in [-0.2, -0.15) is 8.42 Å². The number of hydrogen-bond acceptors (Lipinski definition) is 4. The van der Waals surface area contributed by atoms with Crippen molar-refractivity contribution in [2.45, 2.75) is 13.1 Å². The van der Waals surface area contributed by atoms with E-state index in [1.807, 2.05) is 0 Å². The Morgan fingerprint density at radius 2 is 2.00 bits per heavy atom. The van der Waals surface area contributed by atoms with Gasteiger partial charge in [-0.05, 0) is 13.1 Å². The first-order valence-electron chi connectivity index (χ1n) is 2.33. The largest absolute Gasteiger partial charge is 0.428 e. The predicted octanol–water partition coefficient (Wildman–Crippen LogP) is 0.485. The van der Waals surface area contributed by atoms with Crippen LogP contribution in [0.2, 0.25) is 13.1 Å². The van der Waals surface area contributed by atoms with Crippen LogP contribution in [0.15, 0.2) is 0 Å². The smallest absolute Gasteiger partial charge is 0.273 e. The molecular weight excluding hydrogens is 177 g/mol. The molecule has 10 heavy (non-hydrogen) atoms. The van der Waals surface area contributed by atoms with E-state index < -0.39 is 18.8 Å². The van der Waals surface area contributed by atoms with Gasteiger partial charge < -0.3 is 0 Å². The summed E-state index contributed by atoms with van der Waals surface area (Å²) in [6.07, 6.45) is 0. The third kappa shape index (κ3) is 4.43. The van der Waals surface area contributed by atoms with Crippen molar-refractivity contribution in [3.05, 3.63) is 0 Å². The highest BCUT2D eigenvalue weighted by molar-refractivity contribution is 7.82. The molecule has 0 aliphatic carbocycles. The molecule has 0 atom stereocenters.